The van der Waals surface area contributed by atoms with Gasteiger partial charge in [-0.1, -0.05) is 39.8 Å². The number of rotatable bonds is 23. The third-order valence-electron chi connectivity index (χ3n) is 4.73. The topological polar surface area (TPSA) is 148 Å². The number of carbonyl (C=O) groups is 4. The summed E-state index contributed by atoms with van der Waals surface area (Å²) < 4.78 is 31.6. The lowest BCUT2D eigenvalue weighted by atomic mass is 10.3. The molecule has 218 valence electrons. The van der Waals surface area contributed by atoms with Gasteiger partial charge >= 0.3 is 24.1 Å². The van der Waals surface area contributed by atoms with E-state index in [-0.39, 0.29) is 26.4 Å². The van der Waals surface area contributed by atoms with E-state index in [0.717, 1.165) is 37.8 Å². The van der Waals surface area contributed by atoms with Crippen molar-refractivity contribution in [2.45, 2.75) is 64.6 Å². The first-order valence-corrected chi connectivity index (χ1v) is 13.0. The molecule has 0 aliphatic carbocycles. The lowest BCUT2D eigenvalue weighted by Gasteiger charge is -2.18. The number of hydrogen-bond acceptors (Lipinski definition) is 10. The van der Waals surface area contributed by atoms with Crippen LogP contribution < -0.4 is 10.6 Å². The Kier molecular flexibility index (Phi) is 22.2. The summed E-state index contributed by atoms with van der Waals surface area (Å²) in [5.41, 5.74) is 0. The van der Waals surface area contributed by atoms with Crippen LogP contribution in [0.2, 0.25) is 0 Å². The van der Waals surface area contributed by atoms with Crippen molar-refractivity contribution in [1.82, 2.24) is 10.6 Å². The van der Waals surface area contributed by atoms with Crippen LogP contribution in [0.4, 0.5) is 9.59 Å². The molecule has 2 amide bonds. The number of unbranched alkanes of at least 4 members (excludes halogenated alkanes) is 3. The van der Waals surface area contributed by atoms with Crippen LogP contribution in [0.25, 0.3) is 0 Å². The van der Waals surface area contributed by atoms with Gasteiger partial charge in [-0.15, -0.1) is 0 Å². The fraction of sp³-hybridized carbons (Fsp3) is 0.692. The molecule has 2 atom stereocenters. The van der Waals surface area contributed by atoms with Gasteiger partial charge in [0.25, 0.3) is 0 Å². The molecule has 12 nitrogen and oxygen atoms in total. The van der Waals surface area contributed by atoms with Crippen LogP contribution in [0.5, 0.6) is 0 Å². The maximum atomic E-state index is 11.7. The van der Waals surface area contributed by atoms with E-state index in [4.69, 9.17) is 28.4 Å². The second kappa shape index (κ2) is 24.2. The summed E-state index contributed by atoms with van der Waals surface area (Å²) >= 11 is 0. The Balaban J connectivity index is 4.24. The van der Waals surface area contributed by atoms with Crippen molar-refractivity contribution in [1.29, 1.82) is 0 Å². The summed E-state index contributed by atoms with van der Waals surface area (Å²) in [6.45, 7) is 12.2. The van der Waals surface area contributed by atoms with Crippen molar-refractivity contribution in [3.05, 3.63) is 25.3 Å². The first-order chi connectivity index (χ1) is 18.4. The predicted octanol–water partition coefficient (Wildman–Crippen LogP) is 3.05. The van der Waals surface area contributed by atoms with Crippen LogP contribution >= 0.6 is 0 Å². The number of ether oxygens (including phenoxy) is 6. The van der Waals surface area contributed by atoms with E-state index in [2.05, 4.69) is 23.8 Å². The minimum atomic E-state index is -0.770. The average molecular weight is 545 g/mol. The molecule has 0 rings (SSSR count). The van der Waals surface area contributed by atoms with Gasteiger partial charge < -0.3 is 39.1 Å². The predicted molar refractivity (Wildman–Crippen MR) is 140 cm³/mol. The third-order valence-corrected chi connectivity index (χ3v) is 4.73. The summed E-state index contributed by atoms with van der Waals surface area (Å²) in [4.78, 5) is 46.5. The fourth-order valence-corrected chi connectivity index (χ4v) is 2.67. The molecular formula is C26H44N2O10. The highest BCUT2D eigenvalue weighted by Crippen LogP contribution is 2.02. The maximum absolute atomic E-state index is 11.7. The molecular weight excluding hydrogens is 500 g/mol. The Morgan fingerprint density at radius 3 is 1.39 bits per heavy atom. The van der Waals surface area contributed by atoms with Gasteiger partial charge in [-0.25, -0.2) is 19.2 Å². The lowest BCUT2D eigenvalue weighted by Crippen LogP contribution is -2.33. The normalized spacial score (nSPS) is 11.9. The third kappa shape index (κ3) is 21.0. The van der Waals surface area contributed by atoms with Crippen molar-refractivity contribution < 1.29 is 47.6 Å². The van der Waals surface area contributed by atoms with Crippen LogP contribution in [-0.2, 0) is 38.0 Å². The number of hydrogen-bond donors (Lipinski definition) is 2. The summed E-state index contributed by atoms with van der Waals surface area (Å²) in [5.74, 6) is -1.28. The van der Waals surface area contributed by atoms with Gasteiger partial charge in [-0.3, -0.25) is 0 Å². The van der Waals surface area contributed by atoms with Crippen LogP contribution in [0, 0.1) is 0 Å². The molecule has 0 saturated heterocycles. The zero-order chi connectivity index (χ0) is 28.4. The summed E-state index contributed by atoms with van der Waals surface area (Å²) in [6.07, 6.45) is 4.14. The van der Waals surface area contributed by atoms with Gasteiger partial charge in [0.2, 0.25) is 0 Å². The zero-order valence-corrected chi connectivity index (χ0v) is 22.7. The van der Waals surface area contributed by atoms with Gasteiger partial charge in [0.1, 0.15) is 13.2 Å². The molecule has 0 bridgehead atoms. The van der Waals surface area contributed by atoms with E-state index >= 15 is 0 Å². The Hall–Kier alpha value is -3.12. The first-order valence-electron chi connectivity index (χ1n) is 13.0. The minimum absolute atomic E-state index is 0.0416. The highest BCUT2D eigenvalue weighted by molar-refractivity contribution is 5.81. The van der Waals surface area contributed by atoms with Gasteiger partial charge in [0, 0.05) is 38.5 Å². The monoisotopic (exact) mass is 544 g/mol. The Bertz CT molecular complexity index is 644. The highest BCUT2D eigenvalue weighted by Gasteiger charge is 2.17. The van der Waals surface area contributed by atoms with Crippen molar-refractivity contribution in [3.63, 3.8) is 0 Å². The van der Waals surface area contributed by atoms with E-state index < -0.39 is 36.3 Å². The fourth-order valence-electron chi connectivity index (χ4n) is 2.67. The van der Waals surface area contributed by atoms with Crippen molar-refractivity contribution in [2.24, 2.45) is 0 Å². The SMILES string of the molecule is C=CC(=O)OC(COCCCCOCC(COC(=O)NCCCC)OC(=O)C=C)COC(=O)NCCCC. The summed E-state index contributed by atoms with van der Waals surface area (Å²) in [7, 11) is 0. The maximum Gasteiger partial charge on any atom is 0.407 e. The van der Waals surface area contributed by atoms with Crippen LogP contribution in [0.15, 0.2) is 25.3 Å². The van der Waals surface area contributed by atoms with Crippen molar-refractivity contribution >= 4 is 24.1 Å². The molecule has 2 N–H and O–H groups in total. The molecule has 0 aromatic carbocycles. The lowest BCUT2D eigenvalue weighted by molar-refractivity contribution is -0.149. The van der Waals surface area contributed by atoms with E-state index in [1.165, 1.54) is 0 Å². The first kappa shape index (κ1) is 34.9. The molecule has 0 radical (unpaired) electrons. The molecule has 0 fully saturated rings. The van der Waals surface area contributed by atoms with E-state index in [9.17, 15) is 19.2 Å². The quantitative estimate of drug-likeness (QED) is 0.0851. The largest absolute Gasteiger partial charge is 0.453 e. The number of carbonyl (C=O) groups excluding carboxylic acids is 4. The van der Waals surface area contributed by atoms with Crippen LogP contribution in [0.3, 0.4) is 0 Å². The molecule has 0 heterocycles. The molecule has 0 aliphatic heterocycles. The van der Waals surface area contributed by atoms with Crippen molar-refractivity contribution in [2.75, 3.05) is 52.7 Å². The minimum Gasteiger partial charge on any atom is -0.453 e. The number of nitrogens with one attached hydrogen (secondary N) is 2. The summed E-state index contributed by atoms with van der Waals surface area (Å²) in [6, 6.07) is 0. The standard InChI is InChI=1S/C26H44N2O10/c1-5-9-13-27-25(31)35-19-21(37-23(29)7-3)17-33-15-11-12-16-34-18-22(38-24(30)8-4)20-36-26(32)28-14-10-6-2/h7-8,21-22H,3-6,9-20H2,1-2H3,(H,27,31)(H,28,32). The van der Waals surface area contributed by atoms with Gasteiger partial charge in [-0.2, -0.15) is 0 Å². The molecule has 0 aliphatic rings. The highest BCUT2D eigenvalue weighted by atomic mass is 16.6. The van der Waals surface area contributed by atoms with E-state index in [1.54, 1.807) is 0 Å². The van der Waals surface area contributed by atoms with Gasteiger partial charge in [0.15, 0.2) is 12.2 Å². The van der Waals surface area contributed by atoms with Gasteiger partial charge in [0.05, 0.1) is 13.2 Å². The van der Waals surface area contributed by atoms with Gasteiger partial charge in [-0.05, 0) is 25.7 Å². The molecule has 12 heteroatoms. The van der Waals surface area contributed by atoms with E-state index in [0.29, 0.717) is 39.1 Å². The molecule has 0 aromatic rings. The molecule has 2 unspecified atom stereocenters. The number of esters is 2. The second-order valence-corrected chi connectivity index (χ2v) is 8.14. The summed E-state index contributed by atoms with van der Waals surface area (Å²) in [5, 5.41) is 5.22. The van der Waals surface area contributed by atoms with Crippen molar-refractivity contribution in [3.8, 4) is 0 Å². The Labute approximate surface area is 225 Å². The second-order valence-electron chi connectivity index (χ2n) is 8.14. The molecule has 38 heavy (non-hydrogen) atoms. The van der Waals surface area contributed by atoms with Crippen LogP contribution in [0.1, 0.15) is 52.4 Å². The van der Waals surface area contributed by atoms with Crippen LogP contribution in [-0.4, -0.2) is 89.1 Å². The smallest absolute Gasteiger partial charge is 0.407 e. The zero-order valence-electron chi connectivity index (χ0n) is 22.7. The molecule has 0 spiro atoms. The molecule has 0 saturated carbocycles. The Morgan fingerprint density at radius 1 is 0.658 bits per heavy atom. The molecule has 0 aromatic heterocycles. The van der Waals surface area contributed by atoms with E-state index in [1.807, 2.05) is 13.8 Å². The Morgan fingerprint density at radius 2 is 1.05 bits per heavy atom. The average Bonchev–Trinajstić information content (AvgIpc) is 2.91. The number of alkyl carbamates (subject to hydrolysis) is 2. The number of amides is 2.